The van der Waals surface area contributed by atoms with Crippen molar-refractivity contribution in [3.8, 4) is 0 Å². The summed E-state index contributed by atoms with van der Waals surface area (Å²) in [7, 11) is -1.86. The third kappa shape index (κ3) is 3.68. The van der Waals surface area contributed by atoms with E-state index in [2.05, 4.69) is 5.32 Å². The number of rotatable bonds is 4. The number of hydrogen-bond donors (Lipinski definition) is 1. The molecule has 118 valence electrons. The van der Waals surface area contributed by atoms with Crippen LogP contribution in [-0.4, -0.2) is 43.9 Å². The predicted molar refractivity (Wildman–Crippen MR) is 89.9 cm³/mol. The van der Waals surface area contributed by atoms with Gasteiger partial charge in [0.1, 0.15) is 4.90 Å². The van der Waals surface area contributed by atoms with E-state index in [1.165, 1.54) is 10.4 Å². The van der Waals surface area contributed by atoms with Gasteiger partial charge < -0.3 is 5.32 Å². The lowest BCUT2D eigenvalue weighted by molar-refractivity contribution is 0.367. The molecule has 8 heteroatoms. The van der Waals surface area contributed by atoms with Crippen LogP contribution in [0, 0.1) is 0 Å². The van der Waals surface area contributed by atoms with E-state index in [9.17, 15) is 8.42 Å². The molecule has 0 aromatic heterocycles. The molecule has 0 saturated carbocycles. The van der Waals surface area contributed by atoms with Crippen molar-refractivity contribution in [2.45, 2.75) is 24.4 Å². The van der Waals surface area contributed by atoms with Crippen LogP contribution in [0.2, 0.25) is 10.0 Å². The summed E-state index contributed by atoms with van der Waals surface area (Å²) in [4.78, 5) is 0.0978. The van der Waals surface area contributed by atoms with Gasteiger partial charge in [-0.15, -0.1) is 0 Å². The van der Waals surface area contributed by atoms with Crippen LogP contribution in [0.5, 0.6) is 0 Å². The molecule has 1 N–H and O–H groups in total. The molecule has 1 aliphatic heterocycles. The van der Waals surface area contributed by atoms with Crippen molar-refractivity contribution in [1.29, 1.82) is 0 Å². The zero-order valence-electron chi connectivity index (χ0n) is 11.9. The van der Waals surface area contributed by atoms with Gasteiger partial charge in [0.05, 0.1) is 5.02 Å². The molecule has 1 aromatic carbocycles. The van der Waals surface area contributed by atoms with Crippen LogP contribution in [0.15, 0.2) is 17.0 Å². The number of sulfonamides is 1. The maximum absolute atomic E-state index is 12.9. The molecule has 0 amide bonds. The van der Waals surface area contributed by atoms with Gasteiger partial charge in [0, 0.05) is 35.7 Å². The molecular weight excluding hydrogens is 351 g/mol. The largest absolute Gasteiger partial charge is 0.316 e. The second-order valence-electron chi connectivity index (χ2n) is 4.95. The third-order valence-corrected chi connectivity index (χ3v) is 7.34. The molecule has 2 rings (SSSR count). The van der Waals surface area contributed by atoms with E-state index in [-0.39, 0.29) is 16.0 Å². The van der Waals surface area contributed by atoms with Crippen molar-refractivity contribution in [2.24, 2.45) is 0 Å². The van der Waals surface area contributed by atoms with Crippen LogP contribution >= 0.6 is 35.0 Å². The Balaban J connectivity index is 2.49. The maximum Gasteiger partial charge on any atom is 0.244 e. The average Bonchev–Trinajstić information content (AvgIpc) is 2.43. The minimum Gasteiger partial charge on any atom is -0.316 e. The van der Waals surface area contributed by atoms with Gasteiger partial charge in [0.25, 0.3) is 0 Å². The van der Waals surface area contributed by atoms with Gasteiger partial charge in [0.15, 0.2) is 0 Å². The Hall–Kier alpha value is 0.0200. The first kappa shape index (κ1) is 17.4. The third-order valence-electron chi connectivity index (χ3n) is 3.34. The summed E-state index contributed by atoms with van der Waals surface area (Å²) in [6.07, 6.45) is 0. The summed E-state index contributed by atoms with van der Waals surface area (Å²) in [5.74, 6) is 1.59. The zero-order valence-corrected chi connectivity index (χ0v) is 15.0. The zero-order chi connectivity index (χ0) is 15.6. The molecule has 4 nitrogen and oxygen atoms in total. The lowest BCUT2D eigenvalue weighted by Crippen LogP contribution is -2.44. The van der Waals surface area contributed by atoms with Gasteiger partial charge in [-0.3, -0.25) is 0 Å². The topological polar surface area (TPSA) is 49.4 Å². The molecule has 0 aliphatic carbocycles. The van der Waals surface area contributed by atoms with Crippen molar-refractivity contribution in [3.63, 3.8) is 0 Å². The Morgan fingerprint density at radius 1 is 1.43 bits per heavy atom. The minimum absolute atomic E-state index is 0.0449. The Morgan fingerprint density at radius 3 is 2.76 bits per heavy atom. The van der Waals surface area contributed by atoms with Crippen LogP contribution in [0.1, 0.15) is 12.5 Å². The van der Waals surface area contributed by atoms with Crippen LogP contribution in [-0.2, 0) is 16.6 Å². The molecule has 0 spiro atoms. The molecule has 1 unspecified atom stereocenters. The van der Waals surface area contributed by atoms with Crippen molar-refractivity contribution in [2.75, 3.05) is 25.1 Å². The quantitative estimate of drug-likeness (QED) is 0.887. The average molecular weight is 369 g/mol. The highest BCUT2D eigenvalue weighted by Gasteiger charge is 2.33. The highest BCUT2D eigenvalue weighted by atomic mass is 35.5. The fraction of sp³-hybridized carbons (Fsp3) is 0.538. The summed E-state index contributed by atoms with van der Waals surface area (Å²) in [5, 5.41) is 3.59. The number of nitrogens with zero attached hydrogens (tertiary/aromatic N) is 1. The monoisotopic (exact) mass is 368 g/mol. The SMILES string of the molecule is CNCc1cc(Cl)cc(S(=O)(=O)N2CCSCC2C)c1Cl. The van der Waals surface area contributed by atoms with Crippen molar-refractivity contribution in [3.05, 3.63) is 27.7 Å². The molecular formula is C13H18Cl2N2O2S2. The fourth-order valence-corrected chi connectivity index (χ4v) is 6.08. The summed E-state index contributed by atoms with van der Waals surface area (Å²) in [5.41, 5.74) is 0.685. The molecule has 1 aliphatic rings. The summed E-state index contributed by atoms with van der Waals surface area (Å²) < 4.78 is 27.3. The molecule has 1 atom stereocenters. The Labute approximate surface area is 140 Å². The van der Waals surface area contributed by atoms with Crippen molar-refractivity contribution < 1.29 is 8.42 Å². The molecule has 0 radical (unpaired) electrons. The van der Waals surface area contributed by atoms with E-state index in [0.717, 1.165) is 11.5 Å². The number of hydrogen-bond acceptors (Lipinski definition) is 4. The smallest absolute Gasteiger partial charge is 0.244 e. The summed E-state index contributed by atoms with van der Waals surface area (Å²) in [6.45, 7) is 2.88. The van der Waals surface area contributed by atoms with Gasteiger partial charge in [-0.1, -0.05) is 23.2 Å². The molecule has 0 bridgehead atoms. The van der Waals surface area contributed by atoms with Gasteiger partial charge in [-0.05, 0) is 31.7 Å². The summed E-state index contributed by atoms with van der Waals surface area (Å²) >= 11 is 14.1. The van der Waals surface area contributed by atoms with Gasteiger partial charge in [-0.2, -0.15) is 16.1 Å². The Kier molecular flexibility index (Phi) is 5.84. The van der Waals surface area contributed by atoms with E-state index in [4.69, 9.17) is 23.2 Å². The lowest BCUT2D eigenvalue weighted by atomic mass is 10.2. The highest BCUT2D eigenvalue weighted by molar-refractivity contribution is 7.99. The van der Waals surface area contributed by atoms with Gasteiger partial charge >= 0.3 is 0 Å². The first-order valence-electron chi connectivity index (χ1n) is 6.60. The van der Waals surface area contributed by atoms with Crippen molar-refractivity contribution >= 4 is 45.0 Å². The molecule has 1 heterocycles. The Morgan fingerprint density at radius 2 is 2.14 bits per heavy atom. The number of halogens is 2. The van der Waals surface area contributed by atoms with E-state index < -0.39 is 10.0 Å². The molecule has 1 fully saturated rings. The second-order valence-corrected chi connectivity index (χ2v) is 8.77. The number of thioether (sulfide) groups is 1. The Bertz CT molecular complexity index is 623. The first-order chi connectivity index (χ1) is 9.87. The number of benzene rings is 1. The van der Waals surface area contributed by atoms with Crippen LogP contribution in [0.3, 0.4) is 0 Å². The van der Waals surface area contributed by atoms with Gasteiger partial charge in [0.2, 0.25) is 10.0 Å². The molecule has 1 aromatic rings. The second kappa shape index (κ2) is 7.06. The fourth-order valence-electron chi connectivity index (χ4n) is 2.32. The van der Waals surface area contributed by atoms with E-state index in [1.807, 2.05) is 6.92 Å². The van der Waals surface area contributed by atoms with E-state index in [0.29, 0.717) is 23.7 Å². The van der Waals surface area contributed by atoms with Crippen molar-refractivity contribution in [1.82, 2.24) is 9.62 Å². The highest BCUT2D eigenvalue weighted by Crippen LogP contribution is 2.33. The van der Waals surface area contributed by atoms with E-state index in [1.54, 1.807) is 24.9 Å². The standard InChI is InChI=1S/C13H18Cl2N2O2S2/c1-9-8-20-4-3-17(9)21(18,19)12-6-11(14)5-10(7-16-2)13(12)15/h5-6,9,16H,3-4,7-8H2,1-2H3. The molecule has 1 saturated heterocycles. The predicted octanol–water partition coefficient (Wildman–Crippen LogP) is 2.84. The van der Waals surface area contributed by atoms with Crippen LogP contribution < -0.4 is 5.32 Å². The lowest BCUT2D eigenvalue weighted by Gasteiger charge is -2.32. The van der Waals surface area contributed by atoms with Gasteiger partial charge in [-0.25, -0.2) is 8.42 Å². The van der Waals surface area contributed by atoms with Crippen LogP contribution in [0.4, 0.5) is 0 Å². The minimum atomic E-state index is -3.63. The normalized spacial score (nSPS) is 20.7. The number of nitrogens with one attached hydrogen (secondary N) is 1. The molecule has 21 heavy (non-hydrogen) atoms. The maximum atomic E-state index is 12.9. The van der Waals surface area contributed by atoms with E-state index >= 15 is 0 Å². The first-order valence-corrected chi connectivity index (χ1v) is 9.95. The summed E-state index contributed by atoms with van der Waals surface area (Å²) in [6, 6.07) is 3.08. The van der Waals surface area contributed by atoms with Crippen LogP contribution in [0.25, 0.3) is 0 Å².